The zero-order valence-corrected chi connectivity index (χ0v) is 25.5. The molecule has 6 rings (SSSR count). The number of hydrogen-bond donors (Lipinski definition) is 2. The fourth-order valence-corrected chi connectivity index (χ4v) is 5.94. The van der Waals surface area contributed by atoms with Gasteiger partial charge in [0.25, 0.3) is 0 Å². The number of nitrogens with zero attached hydrogens (tertiary/aromatic N) is 3. The number of nitrogens with one attached hydrogen (secondary N) is 2. The molecule has 1 unspecified atom stereocenters. The van der Waals surface area contributed by atoms with Crippen LogP contribution in [0.25, 0.3) is 11.3 Å². The number of aromatic nitrogens is 2. The minimum absolute atomic E-state index is 0.145. The van der Waals surface area contributed by atoms with E-state index in [9.17, 15) is 14.4 Å². The van der Waals surface area contributed by atoms with Crippen molar-refractivity contribution >= 4 is 34.0 Å². The number of amides is 3. The van der Waals surface area contributed by atoms with E-state index in [1.807, 2.05) is 50.2 Å². The van der Waals surface area contributed by atoms with Crippen molar-refractivity contribution in [2.45, 2.75) is 51.5 Å². The van der Waals surface area contributed by atoms with E-state index in [1.54, 1.807) is 16.0 Å². The van der Waals surface area contributed by atoms with E-state index in [-0.39, 0.29) is 25.2 Å². The van der Waals surface area contributed by atoms with Gasteiger partial charge in [-0.2, -0.15) is 0 Å². The van der Waals surface area contributed by atoms with Crippen LogP contribution in [0.15, 0.2) is 47.1 Å². The minimum Gasteiger partial charge on any atom is -0.454 e. The Bertz CT molecular complexity index is 1510. The van der Waals surface area contributed by atoms with Crippen LogP contribution in [0.5, 0.6) is 11.5 Å². The van der Waals surface area contributed by atoms with E-state index in [4.69, 9.17) is 18.9 Å². The number of fused-ring (bicyclic) bond motifs is 2. The molecule has 226 valence electrons. The third-order valence-corrected chi connectivity index (χ3v) is 8.48. The molecule has 3 aromatic rings. The lowest BCUT2D eigenvalue weighted by Crippen LogP contribution is -2.51. The van der Waals surface area contributed by atoms with E-state index in [2.05, 4.69) is 31.2 Å². The molecule has 0 radical (unpaired) electrons. The summed E-state index contributed by atoms with van der Waals surface area (Å²) >= 11 is 3.45. The number of ether oxygens (including phenoxy) is 4. The molecule has 3 amide bonds. The minimum atomic E-state index is -0.843. The second kappa shape index (κ2) is 11.8. The molecular formula is C30H32BrN5O7. The number of halogens is 1. The normalized spacial score (nSPS) is 19.4. The van der Waals surface area contributed by atoms with E-state index in [0.717, 1.165) is 26.9 Å². The third-order valence-electron chi connectivity index (χ3n) is 7.95. The van der Waals surface area contributed by atoms with E-state index >= 15 is 0 Å². The third kappa shape index (κ3) is 5.85. The van der Waals surface area contributed by atoms with Crippen molar-refractivity contribution in [1.82, 2.24) is 25.1 Å². The molecule has 43 heavy (non-hydrogen) atoms. The molecule has 2 N–H and O–H groups in total. The van der Waals surface area contributed by atoms with Gasteiger partial charge in [0.2, 0.25) is 12.7 Å². The van der Waals surface area contributed by atoms with Crippen LogP contribution in [-0.2, 0) is 27.4 Å². The monoisotopic (exact) mass is 653 g/mol. The molecule has 4 heterocycles. The lowest BCUT2D eigenvalue weighted by molar-refractivity contribution is -0.135. The number of alkyl carbamates (subject to hydrolysis) is 1. The van der Waals surface area contributed by atoms with E-state index in [0.29, 0.717) is 36.8 Å². The summed E-state index contributed by atoms with van der Waals surface area (Å²) in [5, 5.41) is 2.66. The van der Waals surface area contributed by atoms with Gasteiger partial charge in [0.05, 0.1) is 31.6 Å². The second-order valence-electron chi connectivity index (χ2n) is 11.1. The maximum atomic E-state index is 13.9. The summed E-state index contributed by atoms with van der Waals surface area (Å²) in [6.07, 6.45) is 0.300. The summed E-state index contributed by atoms with van der Waals surface area (Å²) in [7, 11) is 1.25. The molecule has 1 aromatic heterocycles. The number of imidazole rings is 1. The van der Waals surface area contributed by atoms with Gasteiger partial charge in [-0.25, -0.2) is 14.6 Å². The van der Waals surface area contributed by atoms with Gasteiger partial charge in [-0.1, -0.05) is 41.9 Å². The number of methoxy groups -OCH3 is 1. The van der Waals surface area contributed by atoms with Crippen molar-refractivity contribution in [3.8, 4) is 22.8 Å². The number of aromatic amines is 1. The highest BCUT2D eigenvalue weighted by molar-refractivity contribution is 9.10. The summed E-state index contributed by atoms with van der Waals surface area (Å²) < 4.78 is 22.7. The summed E-state index contributed by atoms with van der Waals surface area (Å²) in [5.41, 5.74) is 3.68. The van der Waals surface area contributed by atoms with Gasteiger partial charge in [0, 0.05) is 24.0 Å². The number of rotatable bonds is 6. The Morgan fingerprint density at radius 3 is 2.40 bits per heavy atom. The Hall–Kier alpha value is -4.26. The van der Waals surface area contributed by atoms with Crippen molar-refractivity contribution in [2.75, 3.05) is 20.4 Å². The van der Waals surface area contributed by atoms with Crippen molar-refractivity contribution in [2.24, 2.45) is 5.92 Å². The molecule has 0 aliphatic carbocycles. The number of benzene rings is 2. The zero-order valence-electron chi connectivity index (χ0n) is 24.0. The molecule has 0 saturated carbocycles. The summed E-state index contributed by atoms with van der Waals surface area (Å²) in [6.45, 7) is 4.79. The van der Waals surface area contributed by atoms with Gasteiger partial charge < -0.3 is 34.1 Å². The molecule has 13 heteroatoms. The molecule has 0 spiro atoms. The first kappa shape index (κ1) is 28.8. The maximum absolute atomic E-state index is 13.9. The van der Waals surface area contributed by atoms with Crippen LogP contribution in [0.3, 0.4) is 0 Å². The lowest BCUT2D eigenvalue weighted by Gasteiger charge is -2.29. The largest absolute Gasteiger partial charge is 0.454 e. The molecule has 3 aliphatic rings. The van der Waals surface area contributed by atoms with Gasteiger partial charge in [0.15, 0.2) is 11.5 Å². The van der Waals surface area contributed by atoms with Crippen LogP contribution in [0.2, 0.25) is 0 Å². The van der Waals surface area contributed by atoms with Crippen LogP contribution < -0.4 is 14.8 Å². The number of carbonyl (C=O) groups is 3. The Kier molecular flexibility index (Phi) is 7.91. The van der Waals surface area contributed by atoms with Gasteiger partial charge in [-0.15, -0.1) is 0 Å². The molecule has 3 atom stereocenters. The van der Waals surface area contributed by atoms with Gasteiger partial charge in [0.1, 0.15) is 18.0 Å². The average Bonchev–Trinajstić information content (AvgIpc) is 3.79. The van der Waals surface area contributed by atoms with Crippen molar-refractivity contribution in [1.29, 1.82) is 0 Å². The van der Waals surface area contributed by atoms with Gasteiger partial charge in [-0.3, -0.25) is 9.69 Å². The molecule has 1 saturated heterocycles. The van der Waals surface area contributed by atoms with Crippen LogP contribution in [0.1, 0.15) is 43.3 Å². The first-order valence-electron chi connectivity index (χ1n) is 14.0. The Morgan fingerprint density at radius 2 is 1.77 bits per heavy atom. The van der Waals surface area contributed by atoms with Gasteiger partial charge in [-0.05, 0) is 46.9 Å². The SMILES string of the molecule is COC(=O)NC(C(=O)N1C[C@H](OC(=O)N2Cc3cc4c(cc3C2)OCO4)C[C@H]1c1ncc(-c2ccc(Br)cc2)[nH]1)C(C)C. The fraction of sp³-hybridized carbons (Fsp3) is 0.400. The molecule has 1 fully saturated rings. The zero-order chi connectivity index (χ0) is 30.2. The molecule has 12 nitrogen and oxygen atoms in total. The number of carbonyl (C=O) groups excluding carboxylic acids is 3. The van der Waals surface area contributed by atoms with Crippen LogP contribution in [0.4, 0.5) is 9.59 Å². The first-order chi connectivity index (χ1) is 20.7. The summed E-state index contributed by atoms with van der Waals surface area (Å²) in [4.78, 5) is 50.5. The van der Waals surface area contributed by atoms with E-state index in [1.165, 1.54) is 7.11 Å². The first-order valence-corrected chi connectivity index (χ1v) is 14.8. The average molecular weight is 655 g/mol. The molecule has 2 aromatic carbocycles. The predicted molar refractivity (Wildman–Crippen MR) is 157 cm³/mol. The number of hydrogen-bond acceptors (Lipinski definition) is 8. The topological polar surface area (TPSA) is 135 Å². The van der Waals surface area contributed by atoms with Crippen molar-refractivity contribution < 1.29 is 33.3 Å². The van der Waals surface area contributed by atoms with Gasteiger partial charge >= 0.3 is 12.2 Å². The highest BCUT2D eigenvalue weighted by Gasteiger charge is 2.43. The highest BCUT2D eigenvalue weighted by Crippen LogP contribution is 2.39. The predicted octanol–water partition coefficient (Wildman–Crippen LogP) is 4.74. The highest BCUT2D eigenvalue weighted by atomic mass is 79.9. The smallest absolute Gasteiger partial charge is 0.410 e. The number of H-pyrrole nitrogens is 1. The van der Waals surface area contributed by atoms with Crippen molar-refractivity contribution in [3.05, 3.63) is 64.0 Å². The quantitative estimate of drug-likeness (QED) is 0.389. The van der Waals surface area contributed by atoms with Crippen LogP contribution in [0, 0.1) is 5.92 Å². The standard InChI is InChI=1S/C30H32BrN5O7/c1-16(2)26(34-29(38)40-3)28(37)36-14-21(10-23(36)27-32-11-22(33-27)17-4-6-20(31)7-5-17)43-30(39)35-12-18-8-24-25(42-15-41-24)9-19(18)13-35/h4-9,11,16,21,23,26H,10,12-15H2,1-3H3,(H,32,33)(H,34,38)/t21-,23+,26?/m1/s1. The van der Waals surface area contributed by atoms with Crippen LogP contribution >= 0.6 is 15.9 Å². The summed E-state index contributed by atoms with van der Waals surface area (Å²) in [6, 6.07) is 10.2. The van der Waals surface area contributed by atoms with E-state index < -0.39 is 30.4 Å². The lowest BCUT2D eigenvalue weighted by atomic mass is 10.0. The molecule has 3 aliphatic heterocycles. The maximum Gasteiger partial charge on any atom is 0.410 e. The summed E-state index contributed by atoms with van der Waals surface area (Å²) in [5.74, 6) is 1.37. The Balaban J connectivity index is 1.21. The second-order valence-corrected chi connectivity index (χ2v) is 12.0. The van der Waals surface area contributed by atoms with Crippen LogP contribution in [-0.4, -0.2) is 70.5 Å². The Labute approximate surface area is 256 Å². The fourth-order valence-electron chi connectivity index (χ4n) is 5.68. The van der Waals surface area contributed by atoms with Crippen molar-refractivity contribution in [3.63, 3.8) is 0 Å². The molecular weight excluding hydrogens is 622 g/mol. The molecule has 0 bridgehead atoms. The number of likely N-dealkylation sites (tertiary alicyclic amines) is 1. The Morgan fingerprint density at radius 1 is 1.09 bits per heavy atom.